The number of carbonyl (C=O) groups is 2. The molecule has 1 N–H and O–H groups in total. The van der Waals surface area contributed by atoms with Crippen molar-refractivity contribution in [1.29, 1.82) is 0 Å². The number of ether oxygens (including phenoxy) is 2. The summed E-state index contributed by atoms with van der Waals surface area (Å²) in [6.45, 7) is 5.92. The molecule has 1 saturated carbocycles. The van der Waals surface area contributed by atoms with Crippen LogP contribution in [0.25, 0.3) is 0 Å². The molecule has 0 saturated heterocycles. The van der Waals surface area contributed by atoms with Crippen molar-refractivity contribution in [3.8, 4) is 0 Å². The summed E-state index contributed by atoms with van der Waals surface area (Å²) >= 11 is 0. The van der Waals surface area contributed by atoms with Crippen LogP contribution in [0.15, 0.2) is 0 Å². The maximum atomic E-state index is 10.8. The monoisotopic (exact) mass is 246 g/mol. The van der Waals surface area contributed by atoms with Gasteiger partial charge in [-0.1, -0.05) is 0 Å². The number of esters is 1. The Morgan fingerprint density at radius 2 is 1.94 bits per heavy atom. The zero-order chi connectivity index (χ0) is 13.5. The highest BCUT2D eigenvalue weighted by molar-refractivity contribution is 5.72. The molecule has 0 bridgehead atoms. The SMILES string of the molecule is CC(C)(C)OC=O.COC(=O)C1CCC(O)C1. The topological polar surface area (TPSA) is 72.8 Å². The fourth-order valence-corrected chi connectivity index (χ4v) is 1.48. The van der Waals surface area contributed by atoms with Gasteiger partial charge in [-0.25, -0.2) is 0 Å². The Balaban J connectivity index is 0.000000325. The molecular formula is C12H22O5. The van der Waals surface area contributed by atoms with Crippen molar-refractivity contribution in [1.82, 2.24) is 0 Å². The Morgan fingerprint density at radius 3 is 2.18 bits per heavy atom. The number of methoxy groups -OCH3 is 1. The second kappa shape index (κ2) is 7.27. The minimum absolute atomic E-state index is 0.0556. The molecular weight excluding hydrogens is 224 g/mol. The predicted octanol–water partition coefficient (Wildman–Crippen LogP) is 1.28. The number of carbonyl (C=O) groups excluding carboxylic acids is 2. The van der Waals surface area contributed by atoms with E-state index in [2.05, 4.69) is 9.47 Å². The molecule has 1 aliphatic rings. The lowest BCUT2D eigenvalue weighted by Gasteiger charge is -2.14. The summed E-state index contributed by atoms with van der Waals surface area (Å²) in [5.41, 5.74) is -0.318. The van der Waals surface area contributed by atoms with Crippen molar-refractivity contribution in [2.45, 2.75) is 51.7 Å². The van der Waals surface area contributed by atoms with Crippen molar-refractivity contribution in [2.75, 3.05) is 7.11 Å². The molecule has 2 atom stereocenters. The molecule has 1 rings (SSSR count). The molecule has 0 aliphatic heterocycles. The molecule has 2 unspecified atom stereocenters. The Morgan fingerprint density at radius 1 is 1.35 bits per heavy atom. The maximum absolute atomic E-state index is 10.8. The summed E-state index contributed by atoms with van der Waals surface area (Å²) in [5, 5.41) is 9.04. The van der Waals surface area contributed by atoms with Crippen LogP contribution in [0.4, 0.5) is 0 Å². The van der Waals surface area contributed by atoms with Gasteiger partial charge in [0.2, 0.25) is 0 Å². The van der Waals surface area contributed by atoms with Gasteiger partial charge < -0.3 is 14.6 Å². The lowest BCUT2D eigenvalue weighted by Crippen LogP contribution is -2.17. The minimum atomic E-state index is -0.318. The van der Waals surface area contributed by atoms with Crippen molar-refractivity contribution in [3.05, 3.63) is 0 Å². The van der Waals surface area contributed by atoms with Crippen LogP contribution in [0.5, 0.6) is 0 Å². The van der Waals surface area contributed by atoms with Gasteiger partial charge in [-0.3, -0.25) is 9.59 Å². The number of hydrogen-bond donors (Lipinski definition) is 1. The van der Waals surface area contributed by atoms with Crippen molar-refractivity contribution in [2.24, 2.45) is 5.92 Å². The van der Waals surface area contributed by atoms with Gasteiger partial charge in [-0.2, -0.15) is 0 Å². The third-order valence-electron chi connectivity index (χ3n) is 2.34. The first kappa shape index (κ1) is 15.9. The van der Waals surface area contributed by atoms with E-state index in [1.807, 2.05) is 20.8 Å². The van der Waals surface area contributed by atoms with Gasteiger partial charge in [0.05, 0.1) is 19.1 Å². The molecule has 17 heavy (non-hydrogen) atoms. The molecule has 1 fully saturated rings. The van der Waals surface area contributed by atoms with E-state index in [4.69, 9.17) is 5.11 Å². The van der Waals surface area contributed by atoms with Gasteiger partial charge in [0.15, 0.2) is 0 Å². The van der Waals surface area contributed by atoms with Crippen molar-refractivity contribution >= 4 is 12.4 Å². The molecule has 100 valence electrons. The summed E-state index contributed by atoms with van der Waals surface area (Å²) in [5.74, 6) is -0.239. The van der Waals surface area contributed by atoms with Crippen molar-refractivity contribution < 1.29 is 24.2 Å². The Hall–Kier alpha value is -1.10. The smallest absolute Gasteiger partial charge is 0.308 e. The van der Waals surface area contributed by atoms with Crippen LogP contribution in [0.3, 0.4) is 0 Å². The number of rotatable bonds is 2. The van der Waals surface area contributed by atoms with Gasteiger partial charge in [0, 0.05) is 0 Å². The molecule has 0 aromatic carbocycles. The van der Waals surface area contributed by atoms with Gasteiger partial charge >= 0.3 is 5.97 Å². The summed E-state index contributed by atoms with van der Waals surface area (Å²) < 4.78 is 9.08. The van der Waals surface area contributed by atoms with Crippen LogP contribution in [0, 0.1) is 5.92 Å². The highest BCUT2D eigenvalue weighted by atomic mass is 16.5. The highest BCUT2D eigenvalue weighted by Gasteiger charge is 2.28. The number of aliphatic hydroxyl groups is 1. The molecule has 0 aromatic rings. The van der Waals surface area contributed by atoms with Crippen LogP contribution in [0.2, 0.25) is 0 Å². The first-order valence-electron chi connectivity index (χ1n) is 5.67. The molecule has 0 heterocycles. The van der Waals surface area contributed by atoms with Crippen LogP contribution in [-0.4, -0.2) is 36.4 Å². The number of hydrogen-bond acceptors (Lipinski definition) is 5. The van der Waals surface area contributed by atoms with Gasteiger partial charge in [0.1, 0.15) is 5.60 Å². The molecule has 0 spiro atoms. The third-order valence-corrected chi connectivity index (χ3v) is 2.34. The average molecular weight is 246 g/mol. The standard InChI is InChI=1S/C7H12O3.C5H10O2/c1-10-7(9)5-2-3-6(8)4-5;1-5(2,3)7-4-6/h5-6,8H,2-4H2,1H3;4H,1-3H3. The van der Waals surface area contributed by atoms with E-state index in [0.29, 0.717) is 12.9 Å². The maximum Gasteiger partial charge on any atom is 0.308 e. The normalized spacial score (nSPS) is 23.4. The molecule has 0 radical (unpaired) electrons. The molecule has 0 amide bonds. The zero-order valence-corrected chi connectivity index (χ0v) is 10.9. The Bertz CT molecular complexity index is 244. The summed E-state index contributed by atoms with van der Waals surface area (Å²) in [6, 6.07) is 0. The Kier molecular flexibility index (Phi) is 6.80. The van der Waals surface area contributed by atoms with Gasteiger partial charge in [0.25, 0.3) is 6.47 Å². The van der Waals surface area contributed by atoms with Crippen molar-refractivity contribution in [3.63, 3.8) is 0 Å². The summed E-state index contributed by atoms with van der Waals surface area (Å²) in [4.78, 5) is 20.4. The fourth-order valence-electron chi connectivity index (χ4n) is 1.48. The van der Waals surface area contributed by atoms with E-state index >= 15 is 0 Å². The van der Waals surface area contributed by atoms with Crippen LogP contribution >= 0.6 is 0 Å². The lowest BCUT2D eigenvalue weighted by molar-refractivity contribution is -0.145. The lowest BCUT2D eigenvalue weighted by atomic mass is 10.1. The fraction of sp³-hybridized carbons (Fsp3) is 0.833. The first-order chi connectivity index (χ1) is 7.80. The van der Waals surface area contributed by atoms with E-state index in [-0.39, 0.29) is 23.6 Å². The van der Waals surface area contributed by atoms with E-state index < -0.39 is 0 Å². The molecule has 0 aromatic heterocycles. The highest BCUT2D eigenvalue weighted by Crippen LogP contribution is 2.25. The van der Waals surface area contributed by atoms with Crippen LogP contribution in [-0.2, 0) is 19.1 Å². The molecule has 5 nitrogen and oxygen atoms in total. The number of aliphatic hydroxyl groups excluding tert-OH is 1. The van der Waals surface area contributed by atoms with Crippen LogP contribution < -0.4 is 0 Å². The Labute approximate surface area is 102 Å². The minimum Gasteiger partial charge on any atom is -0.469 e. The van der Waals surface area contributed by atoms with E-state index in [0.717, 1.165) is 12.8 Å². The third kappa shape index (κ3) is 7.74. The average Bonchev–Trinajstić information content (AvgIpc) is 2.63. The second-order valence-electron chi connectivity index (χ2n) is 5.01. The zero-order valence-electron chi connectivity index (χ0n) is 10.9. The largest absolute Gasteiger partial charge is 0.469 e. The van der Waals surface area contributed by atoms with Gasteiger partial charge in [-0.15, -0.1) is 0 Å². The van der Waals surface area contributed by atoms with E-state index in [1.165, 1.54) is 7.11 Å². The summed E-state index contributed by atoms with van der Waals surface area (Å²) in [7, 11) is 1.38. The van der Waals surface area contributed by atoms with Crippen LogP contribution in [0.1, 0.15) is 40.0 Å². The predicted molar refractivity (Wildman–Crippen MR) is 62.3 cm³/mol. The van der Waals surface area contributed by atoms with E-state index in [1.54, 1.807) is 0 Å². The molecule has 5 heteroatoms. The first-order valence-corrected chi connectivity index (χ1v) is 5.67. The quantitative estimate of drug-likeness (QED) is 0.587. The molecule has 1 aliphatic carbocycles. The second-order valence-corrected chi connectivity index (χ2v) is 5.01. The van der Waals surface area contributed by atoms with E-state index in [9.17, 15) is 9.59 Å². The van der Waals surface area contributed by atoms with Gasteiger partial charge in [-0.05, 0) is 40.0 Å². The summed E-state index contributed by atoms with van der Waals surface area (Å²) in [6.07, 6.45) is 1.80.